The predicted octanol–water partition coefficient (Wildman–Crippen LogP) is 4.45. The van der Waals surface area contributed by atoms with Crippen molar-refractivity contribution in [2.24, 2.45) is 5.92 Å². The predicted molar refractivity (Wildman–Crippen MR) is 104 cm³/mol. The minimum atomic E-state index is 0.810. The Morgan fingerprint density at radius 1 is 1.12 bits per heavy atom. The Balaban J connectivity index is 1.36. The Morgan fingerprint density at radius 2 is 1.88 bits per heavy atom. The molecule has 0 N–H and O–H groups in total. The summed E-state index contributed by atoms with van der Waals surface area (Å²) in [5.41, 5.74) is 1.28. The number of hydrogen-bond acceptors (Lipinski definition) is 3. The second-order valence-electron chi connectivity index (χ2n) is 7.27. The minimum absolute atomic E-state index is 0.810. The van der Waals surface area contributed by atoms with Gasteiger partial charge in [0.15, 0.2) is 0 Å². The lowest BCUT2D eigenvalue weighted by atomic mass is 9.96. The molecule has 0 atom stereocenters. The van der Waals surface area contributed by atoms with E-state index in [1.54, 1.807) is 0 Å². The van der Waals surface area contributed by atoms with E-state index < -0.39 is 0 Å². The average molecular weight is 338 g/mol. The molecule has 0 amide bonds. The molecule has 0 unspecified atom stereocenters. The van der Waals surface area contributed by atoms with E-state index in [1.165, 1.54) is 38.0 Å². The van der Waals surface area contributed by atoms with Crippen molar-refractivity contribution in [3.05, 3.63) is 65.6 Å². The molecule has 3 heteroatoms. The number of benzene rings is 1. The molecule has 0 aliphatic carbocycles. The number of aryl methyl sites for hydroxylation is 1. The summed E-state index contributed by atoms with van der Waals surface area (Å²) >= 11 is 0. The molecule has 2 heterocycles. The van der Waals surface area contributed by atoms with Gasteiger partial charge in [0.1, 0.15) is 11.5 Å². The van der Waals surface area contributed by atoms with Gasteiger partial charge in [0.05, 0.1) is 6.54 Å². The van der Waals surface area contributed by atoms with Crippen LogP contribution in [0.4, 0.5) is 0 Å². The zero-order chi connectivity index (χ0) is 17.5. The quantitative estimate of drug-likeness (QED) is 0.744. The van der Waals surface area contributed by atoms with Gasteiger partial charge in [-0.2, -0.15) is 0 Å². The molecule has 134 valence electrons. The number of hydrogen-bond donors (Lipinski definition) is 0. The highest BCUT2D eigenvalue weighted by molar-refractivity contribution is 5.48. The van der Waals surface area contributed by atoms with Crippen LogP contribution in [0.25, 0.3) is 6.08 Å². The van der Waals surface area contributed by atoms with Gasteiger partial charge >= 0.3 is 0 Å². The first-order chi connectivity index (χ1) is 12.2. The van der Waals surface area contributed by atoms with Crippen molar-refractivity contribution in [1.82, 2.24) is 9.80 Å². The third-order valence-corrected chi connectivity index (χ3v) is 4.98. The van der Waals surface area contributed by atoms with Gasteiger partial charge in [-0.15, -0.1) is 0 Å². The fourth-order valence-electron chi connectivity index (χ4n) is 3.57. The molecule has 2 aromatic rings. The van der Waals surface area contributed by atoms with Gasteiger partial charge in [-0.05, 0) is 63.5 Å². The highest BCUT2D eigenvalue weighted by atomic mass is 16.3. The van der Waals surface area contributed by atoms with Gasteiger partial charge in [-0.25, -0.2) is 0 Å². The van der Waals surface area contributed by atoms with Crippen LogP contribution >= 0.6 is 0 Å². The van der Waals surface area contributed by atoms with E-state index in [4.69, 9.17) is 4.42 Å². The average Bonchev–Trinajstić information content (AvgIpc) is 3.02. The number of likely N-dealkylation sites (N-methyl/N-ethyl adjacent to an activating group) is 1. The second kappa shape index (κ2) is 9.02. The number of nitrogens with zero attached hydrogens (tertiary/aromatic N) is 2. The molecule has 1 aliphatic rings. The third-order valence-electron chi connectivity index (χ3n) is 4.98. The molecule has 0 radical (unpaired) electrons. The fraction of sp³-hybridized carbons (Fsp3) is 0.455. The minimum Gasteiger partial charge on any atom is -0.465 e. The summed E-state index contributed by atoms with van der Waals surface area (Å²) in [6.07, 6.45) is 7.05. The largest absolute Gasteiger partial charge is 0.465 e. The lowest BCUT2D eigenvalue weighted by Gasteiger charge is -2.33. The molecule has 1 saturated heterocycles. The summed E-state index contributed by atoms with van der Waals surface area (Å²) in [5.74, 6) is 2.92. The van der Waals surface area contributed by atoms with Crippen LogP contribution in [0.2, 0.25) is 0 Å². The molecule has 1 aromatic carbocycles. The van der Waals surface area contributed by atoms with Gasteiger partial charge in [0.25, 0.3) is 0 Å². The van der Waals surface area contributed by atoms with Crippen LogP contribution in [0, 0.1) is 12.8 Å². The fourth-order valence-corrected chi connectivity index (χ4v) is 3.57. The summed E-state index contributed by atoms with van der Waals surface area (Å²) in [6.45, 7) is 7.53. The van der Waals surface area contributed by atoms with E-state index in [-0.39, 0.29) is 0 Å². The zero-order valence-corrected chi connectivity index (χ0v) is 15.5. The number of furan rings is 1. The third kappa shape index (κ3) is 5.87. The van der Waals surface area contributed by atoms with Crippen LogP contribution in [-0.4, -0.2) is 43.0 Å². The van der Waals surface area contributed by atoms with Crippen molar-refractivity contribution < 1.29 is 4.42 Å². The normalized spacial score (nSPS) is 16.9. The second-order valence-corrected chi connectivity index (χ2v) is 7.27. The first-order valence-electron chi connectivity index (χ1n) is 9.37. The molecule has 3 nitrogen and oxygen atoms in total. The SMILES string of the molecule is Cc1ccc(CN2CCC(CN(C)C/C=C/c3ccccc3)CC2)o1. The smallest absolute Gasteiger partial charge is 0.118 e. The maximum Gasteiger partial charge on any atom is 0.118 e. The Morgan fingerprint density at radius 3 is 2.56 bits per heavy atom. The van der Waals surface area contributed by atoms with E-state index in [0.29, 0.717) is 0 Å². The van der Waals surface area contributed by atoms with Crippen molar-refractivity contribution in [2.75, 3.05) is 33.2 Å². The Kier molecular flexibility index (Phi) is 6.48. The van der Waals surface area contributed by atoms with Gasteiger partial charge in [-0.3, -0.25) is 4.90 Å². The molecule has 0 saturated carbocycles. The van der Waals surface area contributed by atoms with Crippen LogP contribution in [0.5, 0.6) is 0 Å². The molecule has 0 spiro atoms. The number of likely N-dealkylation sites (tertiary alicyclic amines) is 1. The highest BCUT2D eigenvalue weighted by Gasteiger charge is 2.20. The summed E-state index contributed by atoms with van der Waals surface area (Å²) in [7, 11) is 2.23. The molecular weight excluding hydrogens is 308 g/mol. The van der Waals surface area contributed by atoms with Crippen LogP contribution in [0.15, 0.2) is 53.0 Å². The maximum atomic E-state index is 5.70. The van der Waals surface area contributed by atoms with E-state index in [1.807, 2.05) is 6.92 Å². The summed E-state index contributed by atoms with van der Waals surface area (Å²) in [6, 6.07) is 14.7. The first-order valence-corrected chi connectivity index (χ1v) is 9.37. The van der Waals surface area contributed by atoms with Crippen molar-refractivity contribution in [3.63, 3.8) is 0 Å². The van der Waals surface area contributed by atoms with Gasteiger partial charge < -0.3 is 9.32 Å². The molecule has 1 aliphatic heterocycles. The Bertz CT molecular complexity index is 654. The number of rotatable bonds is 7. The lowest BCUT2D eigenvalue weighted by molar-refractivity contribution is 0.145. The summed E-state index contributed by atoms with van der Waals surface area (Å²) < 4.78 is 5.70. The first kappa shape index (κ1) is 18.0. The van der Waals surface area contributed by atoms with Crippen LogP contribution in [-0.2, 0) is 6.54 Å². The van der Waals surface area contributed by atoms with E-state index in [2.05, 4.69) is 71.5 Å². The van der Waals surface area contributed by atoms with Crippen LogP contribution in [0.1, 0.15) is 29.9 Å². The molecule has 1 aromatic heterocycles. The van der Waals surface area contributed by atoms with E-state index in [9.17, 15) is 0 Å². The molecule has 3 rings (SSSR count). The van der Waals surface area contributed by atoms with Crippen molar-refractivity contribution in [1.29, 1.82) is 0 Å². The van der Waals surface area contributed by atoms with Crippen molar-refractivity contribution in [2.45, 2.75) is 26.3 Å². The van der Waals surface area contributed by atoms with Gasteiger partial charge in [-0.1, -0.05) is 42.5 Å². The van der Waals surface area contributed by atoms with Crippen LogP contribution in [0.3, 0.4) is 0 Å². The van der Waals surface area contributed by atoms with Gasteiger partial charge in [0.2, 0.25) is 0 Å². The zero-order valence-electron chi connectivity index (χ0n) is 15.5. The molecular formula is C22H30N2O. The topological polar surface area (TPSA) is 19.6 Å². The Hall–Kier alpha value is -1.84. The lowest BCUT2D eigenvalue weighted by Crippen LogP contribution is -2.37. The van der Waals surface area contributed by atoms with Crippen LogP contribution < -0.4 is 0 Å². The molecule has 1 fully saturated rings. The molecule has 25 heavy (non-hydrogen) atoms. The highest BCUT2D eigenvalue weighted by Crippen LogP contribution is 2.20. The number of piperidine rings is 1. The maximum absolute atomic E-state index is 5.70. The van der Waals surface area contributed by atoms with E-state index >= 15 is 0 Å². The summed E-state index contributed by atoms with van der Waals surface area (Å²) in [5, 5.41) is 0. The van der Waals surface area contributed by atoms with Gasteiger partial charge in [0, 0.05) is 13.1 Å². The summed E-state index contributed by atoms with van der Waals surface area (Å²) in [4.78, 5) is 4.96. The monoisotopic (exact) mass is 338 g/mol. The van der Waals surface area contributed by atoms with E-state index in [0.717, 1.165) is 30.5 Å². The standard InChI is InChI=1S/C22H30N2O/c1-19-10-11-22(25-19)18-24-15-12-21(13-16-24)17-23(2)14-6-9-20-7-4-3-5-8-20/h3-11,21H,12-18H2,1-2H3/b9-6+. The molecule has 0 bridgehead atoms. The van der Waals surface area contributed by atoms with Crippen molar-refractivity contribution in [3.8, 4) is 0 Å². The Labute approximate surface area is 151 Å². The van der Waals surface area contributed by atoms with Crippen molar-refractivity contribution >= 4 is 6.08 Å².